The second kappa shape index (κ2) is 6.54. The molecule has 6 heteroatoms. The summed E-state index contributed by atoms with van der Waals surface area (Å²) in [6.45, 7) is 1.72. The van der Waals surface area contributed by atoms with Crippen LogP contribution in [0.15, 0.2) is 0 Å². The summed E-state index contributed by atoms with van der Waals surface area (Å²) in [6.07, 6.45) is 3.26. The molecule has 0 radical (unpaired) electrons. The van der Waals surface area contributed by atoms with Crippen molar-refractivity contribution in [3.05, 3.63) is 0 Å². The maximum atomic E-state index is 11.8. The van der Waals surface area contributed by atoms with Gasteiger partial charge in [0, 0.05) is 26.7 Å². The van der Waals surface area contributed by atoms with Gasteiger partial charge in [-0.25, -0.2) is 12.7 Å². The van der Waals surface area contributed by atoms with E-state index in [2.05, 4.69) is 5.32 Å². The van der Waals surface area contributed by atoms with Gasteiger partial charge in [-0.1, -0.05) is 0 Å². The van der Waals surface area contributed by atoms with Crippen molar-refractivity contribution in [3.8, 4) is 0 Å². The summed E-state index contributed by atoms with van der Waals surface area (Å²) in [4.78, 5) is 0. The van der Waals surface area contributed by atoms with Gasteiger partial charge in [0.1, 0.15) is 0 Å². The first-order chi connectivity index (χ1) is 7.56. The van der Waals surface area contributed by atoms with Crippen LogP contribution in [0.4, 0.5) is 0 Å². The Morgan fingerprint density at radius 2 is 2.19 bits per heavy atom. The minimum Gasteiger partial charge on any atom is -0.377 e. The van der Waals surface area contributed by atoms with Crippen LogP contribution < -0.4 is 5.32 Å². The minimum absolute atomic E-state index is 0.0723. The third-order valence-electron chi connectivity index (χ3n) is 2.82. The summed E-state index contributed by atoms with van der Waals surface area (Å²) in [5.74, 6) is 0.146. The van der Waals surface area contributed by atoms with Crippen molar-refractivity contribution in [1.82, 2.24) is 9.62 Å². The van der Waals surface area contributed by atoms with Crippen LogP contribution in [0.5, 0.6) is 0 Å². The first-order valence-corrected chi connectivity index (χ1v) is 7.37. The zero-order valence-corrected chi connectivity index (χ0v) is 10.9. The number of rotatable bonds is 6. The fraction of sp³-hybridized carbons (Fsp3) is 1.00. The van der Waals surface area contributed by atoms with E-state index in [-0.39, 0.29) is 11.9 Å². The Balaban J connectivity index is 2.40. The normalized spacial score (nSPS) is 22.6. The molecule has 0 amide bonds. The standard InChI is InChI=1S/C10H22N2O3S/c1-11-6-8-16(13,14)12(2)9-10-5-3-4-7-15-10/h10-11H,3-9H2,1-2H3. The van der Waals surface area contributed by atoms with E-state index in [1.54, 1.807) is 14.1 Å². The molecule has 0 spiro atoms. The van der Waals surface area contributed by atoms with Crippen LogP contribution in [0.1, 0.15) is 19.3 Å². The predicted octanol–water partition coefficient (Wildman–Crippen LogP) is 0.0365. The molecule has 0 aliphatic carbocycles. The summed E-state index contributed by atoms with van der Waals surface area (Å²) < 4.78 is 30.5. The molecular weight excluding hydrogens is 228 g/mol. The van der Waals surface area contributed by atoms with E-state index in [1.165, 1.54) is 4.31 Å². The lowest BCUT2D eigenvalue weighted by Crippen LogP contribution is -2.39. The number of ether oxygens (including phenoxy) is 1. The quantitative estimate of drug-likeness (QED) is 0.723. The van der Waals surface area contributed by atoms with Crippen molar-refractivity contribution in [3.63, 3.8) is 0 Å². The summed E-state index contributed by atoms with van der Waals surface area (Å²) in [5, 5.41) is 2.85. The first-order valence-electron chi connectivity index (χ1n) is 5.76. The summed E-state index contributed by atoms with van der Waals surface area (Å²) in [6, 6.07) is 0. The molecule has 1 fully saturated rings. The van der Waals surface area contributed by atoms with Crippen LogP contribution in [0.3, 0.4) is 0 Å². The molecule has 0 aromatic carbocycles. The number of hydrogen-bond acceptors (Lipinski definition) is 4. The molecule has 0 saturated carbocycles. The van der Waals surface area contributed by atoms with Gasteiger partial charge in [0.25, 0.3) is 0 Å². The molecular formula is C10H22N2O3S. The fourth-order valence-electron chi connectivity index (χ4n) is 1.74. The van der Waals surface area contributed by atoms with E-state index in [0.29, 0.717) is 13.1 Å². The monoisotopic (exact) mass is 250 g/mol. The number of likely N-dealkylation sites (N-methyl/N-ethyl adjacent to an activating group) is 1. The molecule has 1 aliphatic rings. The van der Waals surface area contributed by atoms with E-state index in [9.17, 15) is 8.42 Å². The van der Waals surface area contributed by atoms with Crippen molar-refractivity contribution >= 4 is 10.0 Å². The van der Waals surface area contributed by atoms with Gasteiger partial charge in [-0.05, 0) is 26.3 Å². The highest BCUT2D eigenvalue weighted by atomic mass is 32.2. The van der Waals surface area contributed by atoms with Crippen molar-refractivity contribution in [2.24, 2.45) is 0 Å². The highest BCUT2D eigenvalue weighted by Gasteiger charge is 2.22. The maximum Gasteiger partial charge on any atom is 0.215 e. The molecule has 1 heterocycles. The maximum absolute atomic E-state index is 11.8. The van der Waals surface area contributed by atoms with E-state index < -0.39 is 10.0 Å². The molecule has 1 unspecified atom stereocenters. The molecule has 1 saturated heterocycles. The third kappa shape index (κ3) is 4.37. The van der Waals surface area contributed by atoms with Crippen molar-refractivity contribution in [1.29, 1.82) is 0 Å². The molecule has 5 nitrogen and oxygen atoms in total. The van der Waals surface area contributed by atoms with Gasteiger partial charge in [-0.15, -0.1) is 0 Å². The molecule has 16 heavy (non-hydrogen) atoms. The van der Waals surface area contributed by atoms with Gasteiger partial charge in [-0.3, -0.25) is 0 Å². The summed E-state index contributed by atoms with van der Waals surface area (Å²) in [5.41, 5.74) is 0. The van der Waals surface area contributed by atoms with Gasteiger partial charge >= 0.3 is 0 Å². The minimum atomic E-state index is -3.13. The second-order valence-corrected chi connectivity index (χ2v) is 6.38. The third-order valence-corrected chi connectivity index (χ3v) is 4.64. The van der Waals surface area contributed by atoms with Gasteiger partial charge in [0.05, 0.1) is 11.9 Å². The average molecular weight is 250 g/mol. The Morgan fingerprint density at radius 1 is 1.44 bits per heavy atom. The second-order valence-electron chi connectivity index (χ2n) is 4.19. The molecule has 0 bridgehead atoms. The molecule has 1 rings (SSSR count). The van der Waals surface area contributed by atoms with Crippen molar-refractivity contribution in [2.75, 3.05) is 39.5 Å². The smallest absolute Gasteiger partial charge is 0.215 e. The van der Waals surface area contributed by atoms with Crippen molar-refractivity contribution < 1.29 is 13.2 Å². The van der Waals surface area contributed by atoms with Gasteiger partial charge < -0.3 is 10.1 Å². The molecule has 1 atom stereocenters. The van der Waals surface area contributed by atoms with E-state index >= 15 is 0 Å². The van der Waals surface area contributed by atoms with Gasteiger partial charge in [-0.2, -0.15) is 0 Å². The molecule has 1 N–H and O–H groups in total. The number of sulfonamides is 1. The van der Waals surface area contributed by atoms with Gasteiger partial charge in [0.15, 0.2) is 0 Å². The lowest BCUT2D eigenvalue weighted by molar-refractivity contribution is 0.00859. The van der Waals surface area contributed by atoms with Crippen LogP contribution in [0.25, 0.3) is 0 Å². The molecule has 1 aliphatic heterocycles. The zero-order valence-electron chi connectivity index (χ0n) is 10.1. The Morgan fingerprint density at radius 3 is 2.75 bits per heavy atom. The highest BCUT2D eigenvalue weighted by Crippen LogP contribution is 2.14. The number of nitrogens with one attached hydrogen (secondary N) is 1. The molecule has 96 valence electrons. The summed E-state index contributed by atoms with van der Waals surface area (Å²) in [7, 11) is 0.247. The average Bonchev–Trinajstić information content (AvgIpc) is 2.28. The Bertz CT molecular complexity index is 286. The summed E-state index contributed by atoms with van der Waals surface area (Å²) >= 11 is 0. The topological polar surface area (TPSA) is 58.6 Å². The lowest BCUT2D eigenvalue weighted by atomic mass is 10.1. The SMILES string of the molecule is CNCCS(=O)(=O)N(C)CC1CCCCO1. The first kappa shape index (κ1) is 13.9. The lowest BCUT2D eigenvalue weighted by Gasteiger charge is -2.27. The Kier molecular flexibility index (Phi) is 5.68. The van der Waals surface area contributed by atoms with Crippen LogP contribution in [0.2, 0.25) is 0 Å². The van der Waals surface area contributed by atoms with E-state index in [1.807, 2.05) is 0 Å². The number of hydrogen-bond donors (Lipinski definition) is 1. The fourth-order valence-corrected chi connectivity index (χ4v) is 2.91. The molecule has 0 aromatic heterocycles. The van der Waals surface area contributed by atoms with Crippen molar-refractivity contribution in [2.45, 2.75) is 25.4 Å². The Hall–Kier alpha value is -0.170. The molecule has 0 aromatic rings. The van der Waals surface area contributed by atoms with E-state index in [0.717, 1.165) is 25.9 Å². The largest absolute Gasteiger partial charge is 0.377 e. The zero-order chi connectivity index (χ0) is 12.0. The number of nitrogens with zero attached hydrogens (tertiary/aromatic N) is 1. The van der Waals surface area contributed by atoms with Crippen LogP contribution in [0, 0.1) is 0 Å². The van der Waals surface area contributed by atoms with Gasteiger partial charge in [0.2, 0.25) is 10.0 Å². The highest BCUT2D eigenvalue weighted by molar-refractivity contribution is 7.89. The van der Waals surface area contributed by atoms with E-state index in [4.69, 9.17) is 4.74 Å². The van der Waals surface area contributed by atoms with Crippen LogP contribution >= 0.6 is 0 Å². The Labute approximate surface area is 98.2 Å². The van der Waals surface area contributed by atoms with Crippen LogP contribution in [-0.2, 0) is 14.8 Å². The van der Waals surface area contributed by atoms with Crippen LogP contribution in [-0.4, -0.2) is 58.4 Å². The predicted molar refractivity (Wildman–Crippen MR) is 63.9 cm³/mol.